The first-order chi connectivity index (χ1) is 6.08. The van der Waals surface area contributed by atoms with Crippen LogP contribution < -0.4 is 5.32 Å². The topological polar surface area (TPSA) is 64.6 Å². The Labute approximate surface area is 78.3 Å². The molecule has 5 nitrogen and oxygen atoms in total. The number of hydrogen-bond acceptors (Lipinski definition) is 5. The number of sulfone groups is 1. The molecule has 1 aliphatic heterocycles. The Morgan fingerprint density at radius 1 is 1.62 bits per heavy atom. The Balaban J connectivity index is 2.11. The molecule has 0 aromatic rings. The number of hydrogen-bond donors (Lipinski definition) is 1. The van der Waals surface area contributed by atoms with Crippen LogP contribution in [0.2, 0.25) is 0 Å². The molecule has 1 aliphatic rings. The first-order valence-electron chi connectivity index (χ1n) is 4.19. The molecule has 13 heavy (non-hydrogen) atoms. The van der Waals surface area contributed by atoms with Gasteiger partial charge in [-0.2, -0.15) is 0 Å². The summed E-state index contributed by atoms with van der Waals surface area (Å²) in [5.41, 5.74) is 0. The average molecular weight is 209 g/mol. The quantitative estimate of drug-likeness (QED) is 0.643. The number of nitrogens with one attached hydrogen (secondary N) is 1. The molecule has 1 heterocycles. The van der Waals surface area contributed by atoms with Gasteiger partial charge in [-0.05, 0) is 0 Å². The van der Waals surface area contributed by atoms with E-state index in [2.05, 4.69) is 5.32 Å². The Hall–Kier alpha value is -0.170. The summed E-state index contributed by atoms with van der Waals surface area (Å²) in [6, 6.07) is 0. The van der Waals surface area contributed by atoms with Gasteiger partial charge in [0.1, 0.15) is 9.84 Å². The molecular formula is C7H15NO4S. The van der Waals surface area contributed by atoms with Crippen LogP contribution in [0.25, 0.3) is 0 Å². The van der Waals surface area contributed by atoms with Crippen molar-refractivity contribution in [1.82, 2.24) is 5.32 Å². The lowest BCUT2D eigenvalue weighted by atomic mass is 10.5. The zero-order valence-electron chi connectivity index (χ0n) is 7.65. The van der Waals surface area contributed by atoms with E-state index in [-0.39, 0.29) is 18.6 Å². The van der Waals surface area contributed by atoms with Crippen LogP contribution >= 0.6 is 0 Å². The van der Waals surface area contributed by atoms with Gasteiger partial charge in [0.2, 0.25) is 0 Å². The van der Waals surface area contributed by atoms with Gasteiger partial charge >= 0.3 is 0 Å². The van der Waals surface area contributed by atoms with Crippen LogP contribution in [-0.2, 0) is 19.3 Å². The maximum Gasteiger partial charge on any atom is 0.169 e. The third-order valence-corrected chi connectivity index (χ3v) is 2.56. The van der Waals surface area contributed by atoms with Gasteiger partial charge in [-0.25, -0.2) is 8.42 Å². The molecular weight excluding hydrogens is 194 g/mol. The standard InChI is InChI=1S/C7H15NO4S/c1-13(9,10)5-4-12-7-6-8-2-3-11-7/h7-8H,2-6H2,1H3. The second-order valence-corrected chi connectivity index (χ2v) is 5.26. The lowest BCUT2D eigenvalue weighted by molar-refractivity contribution is -0.149. The van der Waals surface area contributed by atoms with Crippen LogP contribution in [0.3, 0.4) is 0 Å². The highest BCUT2D eigenvalue weighted by molar-refractivity contribution is 7.90. The van der Waals surface area contributed by atoms with E-state index < -0.39 is 9.84 Å². The van der Waals surface area contributed by atoms with Crippen LogP contribution in [0.5, 0.6) is 0 Å². The van der Waals surface area contributed by atoms with Crippen molar-refractivity contribution < 1.29 is 17.9 Å². The summed E-state index contributed by atoms with van der Waals surface area (Å²) >= 11 is 0. The molecule has 1 unspecified atom stereocenters. The second-order valence-electron chi connectivity index (χ2n) is 3.01. The van der Waals surface area contributed by atoms with Crippen molar-refractivity contribution in [3.8, 4) is 0 Å². The second kappa shape index (κ2) is 4.90. The normalized spacial score (nSPS) is 24.5. The predicted molar refractivity (Wildman–Crippen MR) is 48.3 cm³/mol. The predicted octanol–water partition coefficient (Wildman–Crippen LogP) is -1.01. The van der Waals surface area contributed by atoms with Gasteiger partial charge in [-0.3, -0.25) is 0 Å². The van der Waals surface area contributed by atoms with Crippen molar-refractivity contribution in [2.24, 2.45) is 0 Å². The van der Waals surface area contributed by atoms with E-state index in [1.54, 1.807) is 0 Å². The molecule has 6 heteroatoms. The molecule has 0 radical (unpaired) electrons. The fraction of sp³-hybridized carbons (Fsp3) is 1.00. The van der Waals surface area contributed by atoms with Gasteiger partial charge in [-0.1, -0.05) is 0 Å². The molecule has 0 spiro atoms. The van der Waals surface area contributed by atoms with Crippen molar-refractivity contribution in [2.45, 2.75) is 6.29 Å². The Kier molecular flexibility index (Phi) is 4.11. The molecule has 1 atom stereocenters. The van der Waals surface area contributed by atoms with Gasteiger partial charge in [0.05, 0.1) is 19.0 Å². The van der Waals surface area contributed by atoms with Crippen molar-refractivity contribution in [3.05, 3.63) is 0 Å². The summed E-state index contributed by atoms with van der Waals surface area (Å²) in [7, 11) is -2.93. The average Bonchev–Trinajstić information content (AvgIpc) is 2.04. The van der Waals surface area contributed by atoms with E-state index in [9.17, 15) is 8.42 Å². The fourth-order valence-corrected chi connectivity index (χ4v) is 1.38. The number of ether oxygens (including phenoxy) is 2. The summed E-state index contributed by atoms with van der Waals surface area (Å²) in [6.07, 6.45) is 0.895. The summed E-state index contributed by atoms with van der Waals surface area (Å²) in [5.74, 6) is 0.0485. The summed E-state index contributed by atoms with van der Waals surface area (Å²) < 4.78 is 31.9. The van der Waals surface area contributed by atoms with Crippen LogP contribution in [0, 0.1) is 0 Å². The molecule has 1 fully saturated rings. The van der Waals surface area contributed by atoms with E-state index in [1.807, 2.05) is 0 Å². The van der Waals surface area contributed by atoms with Crippen molar-refractivity contribution in [1.29, 1.82) is 0 Å². The largest absolute Gasteiger partial charge is 0.350 e. The van der Waals surface area contributed by atoms with E-state index in [4.69, 9.17) is 9.47 Å². The van der Waals surface area contributed by atoms with Crippen LogP contribution in [0.4, 0.5) is 0 Å². The fourth-order valence-electron chi connectivity index (χ4n) is 0.979. The molecule has 0 aromatic carbocycles. The third-order valence-electron chi connectivity index (χ3n) is 1.65. The first kappa shape index (κ1) is 10.9. The summed E-state index contributed by atoms with van der Waals surface area (Å²) in [4.78, 5) is 0. The number of morpholine rings is 1. The minimum Gasteiger partial charge on any atom is -0.350 e. The van der Waals surface area contributed by atoms with Gasteiger partial charge < -0.3 is 14.8 Å². The van der Waals surface area contributed by atoms with E-state index in [0.29, 0.717) is 13.2 Å². The minimum absolute atomic E-state index is 0.0485. The van der Waals surface area contributed by atoms with Gasteiger partial charge in [0.15, 0.2) is 6.29 Å². The summed E-state index contributed by atoms with van der Waals surface area (Å²) in [6.45, 7) is 2.27. The van der Waals surface area contributed by atoms with Gasteiger partial charge in [0.25, 0.3) is 0 Å². The molecule has 78 valence electrons. The Morgan fingerprint density at radius 2 is 2.38 bits per heavy atom. The maximum atomic E-state index is 10.7. The lowest BCUT2D eigenvalue weighted by Crippen LogP contribution is -2.40. The molecule has 0 aliphatic carbocycles. The molecule has 1 saturated heterocycles. The number of rotatable bonds is 4. The monoisotopic (exact) mass is 209 g/mol. The Bertz CT molecular complexity index is 233. The SMILES string of the molecule is CS(=O)(=O)CCOC1CNCCO1. The lowest BCUT2D eigenvalue weighted by Gasteiger charge is -2.23. The highest BCUT2D eigenvalue weighted by Gasteiger charge is 2.13. The molecule has 1 rings (SSSR count). The van der Waals surface area contributed by atoms with Crippen molar-refractivity contribution in [2.75, 3.05) is 38.3 Å². The molecule has 0 aromatic heterocycles. The highest BCUT2D eigenvalue weighted by Crippen LogP contribution is 1.98. The summed E-state index contributed by atoms with van der Waals surface area (Å²) in [5, 5.41) is 3.08. The van der Waals surface area contributed by atoms with E-state index >= 15 is 0 Å². The zero-order valence-corrected chi connectivity index (χ0v) is 8.47. The first-order valence-corrected chi connectivity index (χ1v) is 6.25. The van der Waals surface area contributed by atoms with Gasteiger partial charge in [0, 0.05) is 19.3 Å². The van der Waals surface area contributed by atoms with E-state index in [1.165, 1.54) is 6.26 Å². The van der Waals surface area contributed by atoms with Gasteiger partial charge in [-0.15, -0.1) is 0 Å². The maximum absolute atomic E-state index is 10.7. The molecule has 0 bridgehead atoms. The van der Waals surface area contributed by atoms with Crippen LogP contribution in [0.1, 0.15) is 0 Å². The smallest absolute Gasteiger partial charge is 0.169 e. The Morgan fingerprint density at radius 3 is 2.92 bits per heavy atom. The molecule has 0 saturated carbocycles. The minimum atomic E-state index is -2.93. The van der Waals surface area contributed by atoms with Crippen molar-refractivity contribution in [3.63, 3.8) is 0 Å². The third kappa shape index (κ3) is 5.20. The highest BCUT2D eigenvalue weighted by atomic mass is 32.2. The van der Waals surface area contributed by atoms with Crippen molar-refractivity contribution >= 4 is 9.84 Å². The molecule has 0 amide bonds. The van der Waals surface area contributed by atoms with Crippen LogP contribution in [-0.4, -0.2) is 53.0 Å². The van der Waals surface area contributed by atoms with Crippen LogP contribution in [0.15, 0.2) is 0 Å². The van der Waals surface area contributed by atoms with E-state index in [0.717, 1.165) is 6.54 Å². The molecule has 1 N–H and O–H groups in total. The zero-order chi connectivity index (χ0) is 9.73.